The van der Waals surface area contributed by atoms with Crippen molar-refractivity contribution in [2.45, 2.75) is 65.5 Å². The Kier molecular flexibility index (Phi) is 12.0. The van der Waals surface area contributed by atoms with E-state index < -0.39 is 19.2 Å². The summed E-state index contributed by atoms with van der Waals surface area (Å²) in [5, 5.41) is 0. The normalized spacial score (nSPS) is 13.4. The fourth-order valence-electron chi connectivity index (χ4n) is 2.57. The second-order valence-electron chi connectivity index (χ2n) is 6.52. The molecule has 0 saturated carbocycles. The topological polar surface area (TPSA) is 74.2 Å². The first-order chi connectivity index (χ1) is 13.5. The van der Waals surface area contributed by atoms with Gasteiger partial charge in [-0.05, 0) is 31.7 Å². The van der Waals surface area contributed by atoms with Crippen molar-refractivity contribution in [1.82, 2.24) is 0 Å². The lowest BCUT2D eigenvalue weighted by atomic mass is 10.1. The van der Waals surface area contributed by atoms with Gasteiger partial charge in [0, 0.05) is 6.92 Å². The fourth-order valence-corrected chi connectivity index (χ4v) is 4.61. The highest BCUT2D eigenvalue weighted by atomic mass is 31.2. The SMILES string of the molecule is CCCCOP(=O)(OCCCC)C(Cc1ccccc1)C(=NC(C)=O)OCC. The molecule has 0 fully saturated rings. The number of carbonyl (C=O) groups is 1. The molecule has 0 aliphatic heterocycles. The highest BCUT2D eigenvalue weighted by molar-refractivity contribution is 7.55. The summed E-state index contributed by atoms with van der Waals surface area (Å²) in [4.78, 5) is 15.7. The third kappa shape index (κ3) is 8.68. The zero-order valence-corrected chi connectivity index (χ0v) is 18.5. The number of hydrogen-bond acceptors (Lipinski definition) is 5. The molecular weight excluding hydrogens is 377 g/mol. The van der Waals surface area contributed by atoms with Gasteiger partial charge in [-0.3, -0.25) is 9.36 Å². The summed E-state index contributed by atoms with van der Waals surface area (Å²) >= 11 is 0. The highest BCUT2D eigenvalue weighted by Crippen LogP contribution is 2.55. The summed E-state index contributed by atoms with van der Waals surface area (Å²) in [5.74, 6) is -0.287. The van der Waals surface area contributed by atoms with Crippen molar-refractivity contribution in [3.8, 4) is 0 Å². The molecule has 0 heterocycles. The van der Waals surface area contributed by atoms with Crippen LogP contribution in [0.4, 0.5) is 0 Å². The van der Waals surface area contributed by atoms with Crippen LogP contribution >= 0.6 is 7.60 Å². The third-order valence-corrected chi connectivity index (χ3v) is 6.29. The van der Waals surface area contributed by atoms with Crippen molar-refractivity contribution in [3.63, 3.8) is 0 Å². The molecule has 7 heteroatoms. The fraction of sp³-hybridized carbons (Fsp3) is 0.619. The molecule has 0 aliphatic rings. The number of ether oxygens (including phenoxy) is 1. The summed E-state index contributed by atoms with van der Waals surface area (Å²) in [6.45, 7) is 8.18. The Morgan fingerprint density at radius 2 is 1.61 bits per heavy atom. The van der Waals surface area contributed by atoms with Gasteiger partial charge < -0.3 is 13.8 Å². The quantitative estimate of drug-likeness (QED) is 0.188. The number of nitrogens with zero attached hydrogens (tertiary/aromatic N) is 1. The smallest absolute Gasteiger partial charge is 0.343 e. The van der Waals surface area contributed by atoms with Crippen molar-refractivity contribution in [2.24, 2.45) is 4.99 Å². The van der Waals surface area contributed by atoms with Gasteiger partial charge in [-0.2, -0.15) is 4.99 Å². The predicted molar refractivity (Wildman–Crippen MR) is 113 cm³/mol. The van der Waals surface area contributed by atoms with Crippen LogP contribution < -0.4 is 0 Å². The highest BCUT2D eigenvalue weighted by Gasteiger charge is 2.41. The summed E-state index contributed by atoms with van der Waals surface area (Å²) < 4.78 is 31.1. The molecule has 1 aromatic carbocycles. The maximum absolute atomic E-state index is 13.8. The van der Waals surface area contributed by atoms with Gasteiger partial charge in [-0.25, -0.2) is 0 Å². The summed E-state index contributed by atoms with van der Waals surface area (Å²) in [7, 11) is -3.60. The first kappa shape index (κ1) is 24.5. The van der Waals surface area contributed by atoms with E-state index in [0.717, 1.165) is 31.2 Å². The Bertz CT molecular complexity index is 633. The molecule has 0 aliphatic carbocycles. The number of hydrogen-bond donors (Lipinski definition) is 0. The molecule has 28 heavy (non-hydrogen) atoms. The van der Waals surface area contributed by atoms with Gasteiger partial charge in [0.2, 0.25) is 11.8 Å². The van der Waals surface area contributed by atoms with E-state index in [1.165, 1.54) is 6.92 Å². The van der Waals surface area contributed by atoms with Gasteiger partial charge in [0.25, 0.3) is 0 Å². The van der Waals surface area contributed by atoms with Crippen molar-refractivity contribution in [1.29, 1.82) is 0 Å². The standard InChI is InChI=1S/C21H34NO5P/c1-5-8-15-26-28(24,27-16-9-6-2)20(17-19-13-11-10-12-14-19)21(25-7-3)22-18(4)23/h10-14,20H,5-9,15-17H2,1-4H3. The maximum Gasteiger partial charge on any atom is 0.343 e. The predicted octanol–water partition coefficient (Wildman–Crippen LogP) is 5.41. The first-order valence-electron chi connectivity index (χ1n) is 10.1. The van der Waals surface area contributed by atoms with Gasteiger partial charge in [-0.1, -0.05) is 57.0 Å². The van der Waals surface area contributed by atoms with Gasteiger partial charge in [0.05, 0.1) is 19.8 Å². The summed E-state index contributed by atoms with van der Waals surface area (Å²) in [6, 6.07) is 9.62. The second kappa shape index (κ2) is 13.6. The van der Waals surface area contributed by atoms with E-state index >= 15 is 0 Å². The molecule has 0 radical (unpaired) electrons. The van der Waals surface area contributed by atoms with E-state index in [0.29, 0.717) is 26.2 Å². The van der Waals surface area contributed by atoms with Crippen LogP contribution in [0.25, 0.3) is 0 Å². The van der Waals surface area contributed by atoms with Crippen LogP contribution in [0.3, 0.4) is 0 Å². The van der Waals surface area contributed by atoms with Crippen molar-refractivity contribution in [3.05, 3.63) is 35.9 Å². The van der Waals surface area contributed by atoms with E-state index in [-0.39, 0.29) is 5.90 Å². The van der Waals surface area contributed by atoms with Gasteiger partial charge in [-0.15, -0.1) is 0 Å². The average Bonchev–Trinajstić information content (AvgIpc) is 2.67. The van der Waals surface area contributed by atoms with Crippen molar-refractivity contribution in [2.75, 3.05) is 19.8 Å². The number of amides is 1. The van der Waals surface area contributed by atoms with E-state index in [1.807, 2.05) is 44.2 Å². The van der Waals surface area contributed by atoms with E-state index in [2.05, 4.69) is 4.99 Å². The maximum atomic E-state index is 13.8. The lowest BCUT2D eigenvalue weighted by Crippen LogP contribution is -2.29. The van der Waals surface area contributed by atoms with Crippen LogP contribution in [0.2, 0.25) is 0 Å². The van der Waals surface area contributed by atoms with Gasteiger partial charge in [0.1, 0.15) is 5.66 Å². The molecule has 158 valence electrons. The number of benzene rings is 1. The van der Waals surface area contributed by atoms with E-state index in [9.17, 15) is 9.36 Å². The molecule has 1 aromatic rings. The Morgan fingerprint density at radius 3 is 2.07 bits per heavy atom. The Labute approximate surface area is 169 Å². The number of rotatable bonds is 13. The first-order valence-corrected chi connectivity index (χ1v) is 11.7. The van der Waals surface area contributed by atoms with Crippen LogP contribution in [0.15, 0.2) is 35.3 Å². The Morgan fingerprint density at radius 1 is 1.04 bits per heavy atom. The molecule has 0 bridgehead atoms. The molecule has 0 N–H and O–H groups in total. The lowest BCUT2D eigenvalue weighted by molar-refractivity contribution is -0.115. The Balaban J connectivity index is 3.29. The molecule has 6 nitrogen and oxygen atoms in total. The number of aliphatic imine (C=N–C) groups is 1. The van der Waals surface area contributed by atoms with E-state index in [1.54, 1.807) is 6.92 Å². The van der Waals surface area contributed by atoms with Crippen LogP contribution in [0.1, 0.15) is 58.9 Å². The number of carbonyl (C=O) groups excluding carboxylic acids is 1. The van der Waals surface area contributed by atoms with Crippen molar-refractivity contribution >= 4 is 19.4 Å². The largest absolute Gasteiger partial charge is 0.480 e. The zero-order valence-electron chi connectivity index (χ0n) is 17.6. The minimum absolute atomic E-state index is 0.121. The number of unbranched alkanes of at least 4 members (excludes halogenated alkanes) is 2. The average molecular weight is 411 g/mol. The van der Waals surface area contributed by atoms with Gasteiger partial charge >= 0.3 is 7.60 Å². The summed E-state index contributed by atoms with van der Waals surface area (Å²) in [6.07, 6.45) is 3.72. The monoisotopic (exact) mass is 411 g/mol. The molecular formula is C21H34NO5P. The van der Waals surface area contributed by atoms with E-state index in [4.69, 9.17) is 13.8 Å². The van der Waals surface area contributed by atoms with Crippen molar-refractivity contribution < 1.29 is 23.1 Å². The lowest BCUT2D eigenvalue weighted by Gasteiger charge is -2.28. The van der Waals surface area contributed by atoms with Crippen LogP contribution in [-0.4, -0.2) is 37.3 Å². The zero-order chi connectivity index (χ0) is 20.8. The van der Waals surface area contributed by atoms with Crippen LogP contribution in [0.5, 0.6) is 0 Å². The van der Waals surface area contributed by atoms with Gasteiger partial charge in [0.15, 0.2) is 0 Å². The molecule has 1 atom stereocenters. The Hall–Kier alpha value is -1.49. The van der Waals surface area contributed by atoms with Crippen LogP contribution in [-0.2, 0) is 29.6 Å². The minimum Gasteiger partial charge on any atom is -0.480 e. The van der Waals surface area contributed by atoms with Crippen LogP contribution in [0, 0.1) is 0 Å². The second-order valence-corrected chi connectivity index (χ2v) is 8.74. The molecule has 0 aromatic heterocycles. The molecule has 1 rings (SSSR count). The molecule has 0 saturated heterocycles. The minimum atomic E-state index is -3.60. The molecule has 0 spiro atoms. The molecule has 1 amide bonds. The molecule has 1 unspecified atom stereocenters. The third-order valence-electron chi connectivity index (χ3n) is 4.04. The summed E-state index contributed by atoms with van der Waals surface area (Å²) in [5.41, 5.74) is 0.175.